The van der Waals surface area contributed by atoms with Crippen LogP contribution < -0.4 is 9.47 Å². The maximum absolute atomic E-state index is 10.3. The van der Waals surface area contributed by atoms with Gasteiger partial charge in [-0.05, 0) is 72.7 Å². The third-order valence-electron chi connectivity index (χ3n) is 6.70. The first kappa shape index (κ1) is 24.5. The summed E-state index contributed by atoms with van der Waals surface area (Å²) in [4.78, 5) is 6.59. The van der Waals surface area contributed by atoms with E-state index in [1.165, 1.54) is 16.7 Å². The number of nitrogens with zero attached hydrogens (tertiary/aromatic N) is 3. The highest BCUT2D eigenvalue weighted by molar-refractivity contribution is 5.80. The van der Waals surface area contributed by atoms with Crippen LogP contribution in [0.4, 0.5) is 0 Å². The number of oxime groups is 1. The van der Waals surface area contributed by atoms with E-state index >= 15 is 0 Å². The molecule has 0 saturated heterocycles. The molecule has 2 heterocycles. The third kappa shape index (κ3) is 5.57. The van der Waals surface area contributed by atoms with Gasteiger partial charge in [0.05, 0.1) is 26.5 Å². The summed E-state index contributed by atoms with van der Waals surface area (Å²) in [5.74, 6) is 1.63. The smallest absolute Gasteiger partial charge is 0.161 e. The van der Waals surface area contributed by atoms with Gasteiger partial charge in [-0.1, -0.05) is 41.9 Å². The van der Waals surface area contributed by atoms with Crippen LogP contribution >= 0.6 is 0 Å². The van der Waals surface area contributed by atoms with Crippen molar-refractivity contribution < 1.29 is 19.8 Å². The maximum atomic E-state index is 10.3. The molecule has 4 rings (SSSR count). The van der Waals surface area contributed by atoms with Crippen LogP contribution in [0.3, 0.4) is 0 Å². The number of rotatable bonds is 10. The van der Waals surface area contributed by atoms with Gasteiger partial charge in [0.2, 0.25) is 0 Å². The summed E-state index contributed by atoms with van der Waals surface area (Å²) in [6.45, 7) is 1.97. The Morgan fingerprint density at radius 1 is 1.06 bits per heavy atom. The van der Waals surface area contributed by atoms with E-state index in [-0.39, 0.29) is 17.5 Å². The largest absolute Gasteiger partial charge is 0.505 e. The molecule has 0 amide bonds. The summed E-state index contributed by atoms with van der Waals surface area (Å²) in [5, 5.41) is 22.0. The molecule has 184 valence electrons. The van der Waals surface area contributed by atoms with Crippen LogP contribution in [0.25, 0.3) is 0 Å². The number of pyridine rings is 1. The first-order valence-electron chi connectivity index (χ1n) is 12.0. The van der Waals surface area contributed by atoms with Crippen molar-refractivity contribution in [3.05, 3.63) is 82.7 Å². The molecule has 7 heteroatoms. The molecule has 2 aromatic carbocycles. The predicted molar refractivity (Wildman–Crippen MR) is 136 cm³/mol. The van der Waals surface area contributed by atoms with Gasteiger partial charge in [0.25, 0.3) is 0 Å². The first-order valence-corrected chi connectivity index (χ1v) is 12.0. The Hall–Kier alpha value is -3.58. The molecule has 1 aliphatic heterocycles. The molecule has 35 heavy (non-hydrogen) atoms. The average molecular weight is 476 g/mol. The van der Waals surface area contributed by atoms with E-state index in [4.69, 9.17) is 14.7 Å². The minimum Gasteiger partial charge on any atom is -0.505 e. The highest BCUT2D eigenvalue weighted by Crippen LogP contribution is 2.41. The average Bonchev–Trinajstić information content (AvgIpc) is 2.90. The summed E-state index contributed by atoms with van der Waals surface area (Å²) in [6, 6.07) is 16.9. The van der Waals surface area contributed by atoms with Crippen molar-refractivity contribution in [2.24, 2.45) is 5.16 Å². The minimum absolute atomic E-state index is 0.0893. The Balaban J connectivity index is 1.44. The van der Waals surface area contributed by atoms with Gasteiger partial charge >= 0.3 is 0 Å². The number of unbranched alkanes of at least 4 members (excludes halogenated alkanes) is 2. The second-order valence-corrected chi connectivity index (χ2v) is 8.76. The summed E-state index contributed by atoms with van der Waals surface area (Å²) in [6.07, 6.45) is 7.57. The Labute approximate surface area is 206 Å². The van der Waals surface area contributed by atoms with E-state index < -0.39 is 0 Å². The molecule has 0 saturated carbocycles. The Morgan fingerprint density at radius 2 is 1.83 bits per heavy atom. The third-order valence-corrected chi connectivity index (χ3v) is 6.70. The number of benzene rings is 2. The highest BCUT2D eigenvalue weighted by atomic mass is 16.5. The number of hydrogen-bond acceptors (Lipinski definition) is 7. The van der Waals surface area contributed by atoms with Crippen LogP contribution in [0.5, 0.6) is 17.2 Å². The molecular weight excluding hydrogens is 442 g/mol. The Morgan fingerprint density at radius 3 is 2.57 bits per heavy atom. The first-order chi connectivity index (χ1) is 17.2. The van der Waals surface area contributed by atoms with E-state index in [2.05, 4.69) is 57.5 Å². The monoisotopic (exact) mass is 475 g/mol. The molecule has 7 nitrogen and oxygen atoms in total. The molecule has 0 fully saturated rings. The van der Waals surface area contributed by atoms with Gasteiger partial charge in [-0.15, -0.1) is 0 Å². The maximum Gasteiger partial charge on any atom is 0.161 e. The van der Waals surface area contributed by atoms with E-state index in [9.17, 15) is 5.11 Å². The van der Waals surface area contributed by atoms with Crippen molar-refractivity contribution in [1.82, 2.24) is 9.88 Å². The van der Waals surface area contributed by atoms with Crippen molar-refractivity contribution in [1.29, 1.82) is 0 Å². The van der Waals surface area contributed by atoms with Gasteiger partial charge in [-0.25, -0.2) is 0 Å². The van der Waals surface area contributed by atoms with Gasteiger partial charge in [-0.2, -0.15) is 0 Å². The van der Waals surface area contributed by atoms with Crippen LogP contribution in [0.15, 0.2) is 59.9 Å². The van der Waals surface area contributed by atoms with Gasteiger partial charge in [0.15, 0.2) is 11.5 Å². The van der Waals surface area contributed by atoms with Crippen LogP contribution in [0, 0.1) is 0 Å². The van der Waals surface area contributed by atoms with Gasteiger partial charge < -0.3 is 19.8 Å². The molecule has 1 aromatic heterocycles. The van der Waals surface area contributed by atoms with Gasteiger partial charge in [0, 0.05) is 12.7 Å². The fourth-order valence-electron chi connectivity index (χ4n) is 4.93. The lowest BCUT2D eigenvalue weighted by molar-refractivity contribution is 0.207. The number of hydrogen-bond donors (Lipinski definition) is 2. The number of aromatic hydroxyl groups is 1. The lowest BCUT2D eigenvalue weighted by atomic mass is 9.87. The van der Waals surface area contributed by atoms with Crippen LogP contribution in [0.2, 0.25) is 0 Å². The van der Waals surface area contributed by atoms with E-state index in [1.807, 2.05) is 6.07 Å². The van der Waals surface area contributed by atoms with E-state index in [0.29, 0.717) is 0 Å². The van der Waals surface area contributed by atoms with Crippen molar-refractivity contribution in [3.8, 4) is 17.2 Å². The summed E-state index contributed by atoms with van der Waals surface area (Å²) < 4.78 is 11.2. The SMILES string of the molecule is COc1cc2c(cc1OC)C(c1ccccc1)N(CCCCCc1ccnc(/C=N/O)c1O)CC2. The van der Waals surface area contributed by atoms with Crippen LogP contribution in [-0.4, -0.2) is 53.7 Å². The second kappa shape index (κ2) is 11.7. The molecule has 3 aromatic rings. The normalized spacial score (nSPS) is 15.8. The standard InChI is InChI=1S/C28H33N3O4/c1-34-25-17-22-13-16-31(27(20-9-5-3-6-10-20)23(22)18-26(25)35-2)15-8-4-7-11-21-12-14-29-24(19-30-33)28(21)32/h3,5-6,9-10,12,14,17-19,27,32-33H,4,7-8,11,13,15-16H2,1-2H3/b30-19+. The van der Waals surface area contributed by atoms with Crippen LogP contribution in [-0.2, 0) is 12.8 Å². The molecule has 0 spiro atoms. The quantitative estimate of drug-likeness (QED) is 0.186. The Bertz CT molecular complexity index is 1150. The lowest BCUT2D eigenvalue weighted by Gasteiger charge is -2.38. The van der Waals surface area contributed by atoms with E-state index in [1.54, 1.807) is 20.4 Å². The van der Waals surface area contributed by atoms with Crippen molar-refractivity contribution in [2.45, 2.75) is 38.1 Å². The number of fused-ring (bicyclic) bond motifs is 1. The van der Waals surface area contributed by atoms with Crippen molar-refractivity contribution in [2.75, 3.05) is 27.3 Å². The molecular formula is C28H33N3O4. The van der Waals surface area contributed by atoms with Crippen LogP contribution in [0.1, 0.15) is 53.3 Å². The minimum atomic E-state index is 0.0893. The fraction of sp³-hybridized carbons (Fsp3) is 0.357. The fourth-order valence-corrected chi connectivity index (χ4v) is 4.93. The highest BCUT2D eigenvalue weighted by Gasteiger charge is 2.30. The van der Waals surface area contributed by atoms with Gasteiger partial charge in [-0.3, -0.25) is 9.88 Å². The number of aromatic nitrogens is 1. The predicted octanol–water partition coefficient (Wildman–Crippen LogP) is 4.97. The molecule has 2 N–H and O–H groups in total. The molecule has 1 unspecified atom stereocenters. The van der Waals surface area contributed by atoms with E-state index in [0.717, 1.165) is 68.5 Å². The van der Waals surface area contributed by atoms with Crippen molar-refractivity contribution in [3.63, 3.8) is 0 Å². The molecule has 0 bridgehead atoms. The molecule has 1 aliphatic rings. The zero-order valence-corrected chi connectivity index (χ0v) is 20.4. The van der Waals surface area contributed by atoms with Gasteiger partial charge in [0.1, 0.15) is 11.4 Å². The summed E-state index contributed by atoms with van der Waals surface area (Å²) in [7, 11) is 3.36. The number of ether oxygens (including phenoxy) is 2. The number of methoxy groups -OCH3 is 2. The second-order valence-electron chi connectivity index (χ2n) is 8.76. The molecule has 1 atom stereocenters. The molecule has 0 aliphatic carbocycles. The zero-order valence-electron chi connectivity index (χ0n) is 20.4. The van der Waals surface area contributed by atoms with Crippen molar-refractivity contribution >= 4 is 6.21 Å². The summed E-state index contributed by atoms with van der Waals surface area (Å²) >= 11 is 0. The zero-order chi connectivity index (χ0) is 24.6. The summed E-state index contributed by atoms with van der Waals surface area (Å²) in [5.41, 5.74) is 4.98. The number of aryl methyl sites for hydroxylation is 1. The molecule has 0 radical (unpaired) electrons. The topological polar surface area (TPSA) is 87.4 Å². The Kier molecular flexibility index (Phi) is 8.21. The lowest BCUT2D eigenvalue weighted by Crippen LogP contribution is -2.36.